The summed E-state index contributed by atoms with van der Waals surface area (Å²) in [6.45, 7) is 4.96. The summed E-state index contributed by atoms with van der Waals surface area (Å²) < 4.78 is 14.1. The highest BCUT2D eigenvalue weighted by Crippen LogP contribution is 2.26. The van der Waals surface area contributed by atoms with Crippen molar-refractivity contribution >= 4 is 17.5 Å². The van der Waals surface area contributed by atoms with Crippen molar-refractivity contribution < 1.29 is 18.9 Å². The zero-order valence-corrected chi connectivity index (χ0v) is 16.3. The number of amides is 2. The average molecular weight is 399 g/mol. The van der Waals surface area contributed by atoms with Gasteiger partial charge in [-0.3, -0.25) is 19.7 Å². The topological polar surface area (TPSA) is 83.8 Å². The number of benzene rings is 2. The number of carbonyl (C=O) groups is 2. The predicted octanol–water partition coefficient (Wildman–Crippen LogP) is 3.00. The van der Waals surface area contributed by atoms with E-state index in [0.29, 0.717) is 13.1 Å². The highest BCUT2D eigenvalue weighted by Gasteiger charge is 2.36. The van der Waals surface area contributed by atoms with Crippen LogP contribution in [0.15, 0.2) is 48.5 Å². The van der Waals surface area contributed by atoms with Crippen LogP contribution >= 0.6 is 0 Å². The third-order valence-electron chi connectivity index (χ3n) is 5.28. The molecule has 0 aliphatic carbocycles. The number of hydrogen-bond acceptors (Lipinski definition) is 4. The lowest BCUT2D eigenvalue weighted by atomic mass is 9.83. The van der Waals surface area contributed by atoms with Gasteiger partial charge in [-0.2, -0.15) is 0 Å². The van der Waals surface area contributed by atoms with Crippen molar-refractivity contribution in [3.8, 4) is 0 Å². The summed E-state index contributed by atoms with van der Waals surface area (Å²) in [5.41, 5.74) is -0.396. The molecule has 0 saturated carbocycles. The van der Waals surface area contributed by atoms with Crippen molar-refractivity contribution in [3.63, 3.8) is 0 Å². The first-order valence-electron chi connectivity index (χ1n) is 9.30. The van der Waals surface area contributed by atoms with Gasteiger partial charge in [-0.05, 0) is 25.5 Å². The van der Waals surface area contributed by atoms with Crippen LogP contribution < -0.4 is 0 Å². The van der Waals surface area contributed by atoms with Gasteiger partial charge in [0.2, 0.25) is 5.91 Å². The van der Waals surface area contributed by atoms with Gasteiger partial charge in [0.25, 0.3) is 11.6 Å². The summed E-state index contributed by atoms with van der Waals surface area (Å²) >= 11 is 0. The van der Waals surface area contributed by atoms with Crippen LogP contribution in [0.5, 0.6) is 0 Å². The van der Waals surface area contributed by atoms with Crippen molar-refractivity contribution in [2.45, 2.75) is 19.3 Å². The number of nitro groups is 1. The van der Waals surface area contributed by atoms with E-state index in [0.717, 1.165) is 23.8 Å². The summed E-state index contributed by atoms with van der Waals surface area (Å²) in [5.74, 6) is -1.49. The van der Waals surface area contributed by atoms with Gasteiger partial charge in [-0.15, -0.1) is 0 Å². The highest BCUT2D eigenvalue weighted by atomic mass is 19.1. The molecule has 0 radical (unpaired) electrons. The molecule has 152 valence electrons. The molecule has 1 aliphatic heterocycles. The number of hydrogen-bond donors (Lipinski definition) is 0. The Morgan fingerprint density at radius 2 is 1.59 bits per heavy atom. The number of piperazine rings is 1. The molecular formula is C21H22FN3O4. The Balaban J connectivity index is 1.67. The molecule has 2 aromatic carbocycles. The molecule has 1 heterocycles. The van der Waals surface area contributed by atoms with E-state index in [1.807, 2.05) is 44.2 Å². The SMILES string of the molecule is CC(C)(C(=O)N1CCN(C(=O)c2ccc([N+](=O)[O-])cc2F)CC1)c1ccccc1. The molecule has 2 aromatic rings. The first-order chi connectivity index (χ1) is 13.7. The molecule has 8 heteroatoms. The number of carbonyl (C=O) groups excluding carboxylic acids is 2. The molecule has 2 amide bonds. The minimum absolute atomic E-state index is 0.0303. The standard InChI is InChI=1S/C21H22FN3O4/c1-21(2,15-6-4-3-5-7-15)20(27)24-12-10-23(11-13-24)19(26)17-9-8-16(25(28)29)14-18(17)22/h3-9,14H,10-13H2,1-2H3. The Morgan fingerprint density at radius 1 is 1.00 bits per heavy atom. The third-order valence-corrected chi connectivity index (χ3v) is 5.28. The van der Waals surface area contributed by atoms with Crippen molar-refractivity contribution in [2.75, 3.05) is 26.2 Å². The molecule has 0 aromatic heterocycles. The lowest BCUT2D eigenvalue weighted by Gasteiger charge is -2.38. The minimum Gasteiger partial charge on any atom is -0.338 e. The summed E-state index contributed by atoms with van der Waals surface area (Å²) in [5, 5.41) is 10.7. The largest absolute Gasteiger partial charge is 0.338 e. The summed E-state index contributed by atoms with van der Waals surface area (Å²) in [4.78, 5) is 38.8. The maximum atomic E-state index is 14.1. The second-order valence-electron chi connectivity index (χ2n) is 7.50. The molecule has 1 fully saturated rings. The van der Waals surface area contributed by atoms with Crippen molar-refractivity contribution in [1.82, 2.24) is 9.80 Å². The highest BCUT2D eigenvalue weighted by molar-refractivity contribution is 5.95. The molecule has 3 rings (SSSR count). The van der Waals surface area contributed by atoms with Crippen molar-refractivity contribution in [1.29, 1.82) is 0 Å². The second kappa shape index (κ2) is 7.98. The first kappa shape index (κ1) is 20.4. The summed E-state index contributed by atoms with van der Waals surface area (Å²) in [7, 11) is 0. The normalized spacial score (nSPS) is 14.6. The number of non-ortho nitro benzene ring substituents is 1. The van der Waals surface area contributed by atoms with E-state index >= 15 is 0 Å². The maximum absolute atomic E-state index is 14.1. The molecule has 0 bridgehead atoms. The Hall–Kier alpha value is -3.29. The Bertz CT molecular complexity index is 938. The molecule has 1 saturated heterocycles. The number of rotatable bonds is 4. The number of nitro benzene ring substituents is 1. The first-order valence-corrected chi connectivity index (χ1v) is 9.30. The second-order valence-corrected chi connectivity index (χ2v) is 7.50. The van der Waals surface area contributed by atoms with Crippen LogP contribution in [-0.4, -0.2) is 52.7 Å². The fourth-order valence-corrected chi connectivity index (χ4v) is 3.45. The zero-order valence-electron chi connectivity index (χ0n) is 16.3. The van der Waals surface area contributed by atoms with Gasteiger partial charge in [0.1, 0.15) is 5.82 Å². The van der Waals surface area contributed by atoms with E-state index in [1.165, 1.54) is 4.90 Å². The van der Waals surface area contributed by atoms with Gasteiger partial charge >= 0.3 is 0 Å². The van der Waals surface area contributed by atoms with E-state index in [2.05, 4.69) is 0 Å². The van der Waals surface area contributed by atoms with Gasteiger partial charge in [-0.25, -0.2) is 4.39 Å². The predicted molar refractivity (Wildman–Crippen MR) is 105 cm³/mol. The smallest absolute Gasteiger partial charge is 0.272 e. The van der Waals surface area contributed by atoms with E-state index in [-0.39, 0.29) is 24.6 Å². The molecule has 29 heavy (non-hydrogen) atoms. The van der Waals surface area contributed by atoms with Gasteiger partial charge in [-0.1, -0.05) is 30.3 Å². The van der Waals surface area contributed by atoms with E-state index < -0.39 is 27.8 Å². The van der Waals surface area contributed by atoms with Crippen LogP contribution in [0.2, 0.25) is 0 Å². The molecular weight excluding hydrogens is 377 g/mol. The van der Waals surface area contributed by atoms with Crippen LogP contribution in [0.3, 0.4) is 0 Å². The Morgan fingerprint density at radius 3 is 2.14 bits per heavy atom. The van der Waals surface area contributed by atoms with Gasteiger partial charge in [0.15, 0.2) is 0 Å². The lowest BCUT2D eigenvalue weighted by molar-refractivity contribution is -0.385. The zero-order chi connectivity index (χ0) is 21.2. The fraction of sp³-hybridized carbons (Fsp3) is 0.333. The Labute approximate surface area is 167 Å². The number of halogens is 1. The van der Waals surface area contributed by atoms with Crippen LogP contribution in [0.1, 0.15) is 29.8 Å². The molecule has 0 unspecified atom stereocenters. The quantitative estimate of drug-likeness (QED) is 0.584. The summed E-state index contributed by atoms with van der Waals surface area (Å²) in [6.07, 6.45) is 0. The average Bonchev–Trinajstić information content (AvgIpc) is 2.73. The lowest BCUT2D eigenvalue weighted by Crippen LogP contribution is -2.54. The van der Waals surface area contributed by atoms with Crippen LogP contribution in [0.25, 0.3) is 0 Å². The van der Waals surface area contributed by atoms with Gasteiger partial charge in [0.05, 0.1) is 22.0 Å². The van der Waals surface area contributed by atoms with Crippen LogP contribution in [-0.2, 0) is 10.2 Å². The fourth-order valence-electron chi connectivity index (χ4n) is 3.45. The molecule has 0 atom stereocenters. The monoisotopic (exact) mass is 399 g/mol. The van der Waals surface area contributed by atoms with Gasteiger partial charge < -0.3 is 9.80 Å². The number of nitrogens with zero attached hydrogens (tertiary/aromatic N) is 3. The Kier molecular flexibility index (Phi) is 5.63. The van der Waals surface area contributed by atoms with Gasteiger partial charge in [0, 0.05) is 32.2 Å². The van der Waals surface area contributed by atoms with Crippen LogP contribution in [0, 0.1) is 15.9 Å². The third kappa shape index (κ3) is 4.11. The maximum Gasteiger partial charge on any atom is 0.272 e. The summed E-state index contributed by atoms with van der Waals surface area (Å²) in [6, 6.07) is 12.5. The van der Waals surface area contributed by atoms with Crippen LogP contribution in [0.4, 0.5) is 10.1 Å². The van der Waals surface area contributed by atoms with E-state index in [4.69, 9.17) is 0 Å². The molecule has 7 nitrogen and oxygen atoms in total. The van der Waals surface area contributed by atoms with Crippen molar-refractivity contribution in [2.24, 2.45) is 0 Å². The minimum atomic E-state index is -0.923. The van der Waals surface area contributed by atoms with E-state index in [1.54, 1.807) is 4.90 Å². The van der Waals surface area contributed by atoms with E-state index in [9.17, 15) is 24.1 Å². The molecule has 0 N–H and O–H groups in total. The van der Waals surface area contributed by atoms with Crippen molar-refractivity contribution in [3.05, 3.63) is 75.6 Å². The molecule has 1 aliphatic rings. The molecule has 0 spiro atoms.